The van der Waals surface area contributed by atoms with E-state index in [4.69, 9.17) is 14.2 Å². The van der Waals surface area contributed by atoms with Crippen molar-refractivity contribution in [1.29, 1.82) is 0 Å². The van der Waals surface area contributed by atoms with Crippen LogP contribution in [-0.4, -0.2) is 34.9 Å². The maximum Gasteiger partial charge on any atom is 0.255 e. The van der Waals surface area contributed by atoms with E-state index in [1.807, 2.05) is 49.4 Å². The Hall–Kier alpha value is -5.31. The van der Waals surface area contributed by atoms with Crippen molar-refractivity contribution in [3.05, 3.63) is 114 Å². The summed E-state index contributed by atoms with van der Waals surface area (Å²) in [7, 11) is 3.13. The molecule has 1 amide bonds. The number of amides is 1. The van der Waals surface area contributed by atoms with E-state index in [1.54, 1.807) is 37.1 Å². The van der Waals surface area contributed by atoms with Crippen molar-refractivity contribution < 1.29 is 19.0 Å². The summed E-state index contributed by atoms with van der Waals surface area (Å²) in [4.78, 5) is 18.2. The number of hydrogen-bond donors (Lipinski definition) is 2. The van der Waals surface area contributed by atoms with E-state index in [-0.39, 0.29) is 5.91 Å². The van der Waals surface area contributed by atoms with Crippen LogP contribution in [0.4, 0.5) is 11.6 Å². The van der Waals surface area contributed by atoms with Crippen LogP contribution in [0.15, 0.2) is 103 Å². The fourth-order valence-corrected chi connectivity index (χ4v) is 5.14. The minimum Gasteiger partial charge on any atom is -0.497 e. The van der Waals surface area contributed by atoms with Crippen LogP contribution in [0.2, 0.25) is 0 Å². The van der Waals surface area contributed by atoms with Crippen LogP contribution in [-0.2, 0) is 11.4 Å². The van der Waals surface area contributed by atoms with Crippen LogP contribution >= 0.6 is 0 Å². The third-order valence-corrected chi connectivity index (χ3v) is 7.14. The van der Waals surface area contributed by atoms with E-state index in [0.29, 0.717) is 46.8 Å². The molecule has 0 fully saturated rings. The highest BCUT2D eigenvalue weighted by atomic mass is 16.5. The molecule has 6 rings (SSSR count). The van der Waals surface area contributed by atoms with Crippen LogP contribution in [0.3, 0.4) is 0 Å². The third kappa shape index (κ3) is 5.05. The van der Waals surface area contributed by atoms with Gasteiger partial charge in [-0.25, -0.2) is 4.68 Å². The van der Waals surface area contributed by atoms with Crippen molar-refractivity contribution in [2.24, 2.45) is 0 Å². The predicted octanol–water partition coefficient (Wildman–Crippen LogP) is 5.96. The molecule has 206 valence electrons. The minimum atomic E-state index is -0.543. The lowest BCUT2D eigenvalue weighted by atomic mass is 9.94. The summed E-state index contributed by atoms with van der Waals surface area (Å²) in [6.07, 6.45) is 1.47. The highest BCUT2D eigenvalue weighted by molar-refractivity contribution is 6.06. The largest absolute Gasteiger partial charge is 0.497 e. The number of anilines is 2. The molecule has 0 saturated heterocycles. The Morgan fingerprint density at radius 1 is 0.951 bits per heavy atom. The average molecular weight is 548 g/mol. The molecule has 0 unspecified atom stereocenters. The molecule has 0 bridgehead atoms. The number of fused-ring (bicyclic) bond motifs is 2. The van der Waals surface area contributed by atoms with Gasteiger partial charge in [0.05, 0.1) is 25.5 Å². The van der Waals surface area contributed by atoms with Crippen molar-refractivity contribution >= 4 is 28.3 Å². The van der Waals surface area contributed by atoms with E-state index in [2.05, 4.69) is 45.0 Å². The third-order valence-electron chi connectivity index (χ3n) is 7.14. The number of hydrogen-bond acceptors (Lipinski definition) is 7. The first-order valence-corrected chi connectivity index (χ1v) is 13.2. The molecular weight excluding hydrogens is 518 g/mol. The number of rotatable bonds is 8. The van der Waals surface area contributed by atoms with Crippen LogP contribution in [0.5, 0.6) is 17.2 Å². The van der Waals surface area contributed by atoms with Gasteiger partial charge in [-0.1, -0.05) is 54.6 Å². The fourth-order valence-electron chi connectivity index (χ4n) is 5.14. The van der Waals surface area contributed by atoms with Crippen LogP contribution < -0.4 is 24.8 Å². The van der Waals surface area contributed by atoms with Gasteiger partial charge in [0.15, 0.2) is 0 Å². The molecule has 0 radical (unpaired) electrons. The normalized spacial score (nSPS) is 14.3. The number of nitrogens with one attached hydrogen (secondary N) is 2. The summed E-state index contributed by atoms with van der Waals surface area (Å²) in [5.41, 5.74) is 3.61. The molecule has 9 nitrogen and oxygen atoms in total. The maximum atomic E-state index is 13.8. The summed E-state index contributed by atoms with van der Waals surface area (Å²) in [5, 5.41) is 13.0. The van der Waals surface area contributed by atoms with Crippen LogP contribution in [0, 0.1) is 0 Å². The number of ether oxygens (including phenoxy) is 3. The van der Waals surface area contributed by atoms with E-state index in [9.17, 15) is 4.79 Å². The van der Waals surface area contributed by atoms with E-state index < -0.39 is 6.04 Å². The number of methoxy groups -OCH3 is 2. The second kappa shape index (κ2) is 11.1. The smallest absolute Gasteiger partial charge is 0.255 e. The first kappa shape index (κ1) is 25.9. The molecule has 1 aromatic heterocycles. The summed E-state index contributed by atoms with van der Waals surface area (Å²) in [6.45, 7) is 2.26. The molecule has 1 aliphatic rings. The second-order valence-electron chi connectivity index (χ2n) is 9.61. The molecular formula is C32H29N5O4. The highest BCUT2D eigenvalue weighted by Crippen LogP contribution is 2.37. The molecule has 2 N–H and O–H groups in total. The van der Waals surface area contributed by atoms with Gasteiger partial charge < -0.3 is 24.8 Å². The van der Waals surface area contributed by atoms with Crippen molar-refractivity contribution in [3.8, 4) is 17.2 Å². The van der Waals surface area contributed by atoms with Gasteiger partial charge >= 0.3 is 0 Å². The second-order valence-corrected chi connectivity index (χ2v) is 9.61. The first-order chi connectivity index (χ1) is 20.1. The van der Waals surface area contributed by atoms with Crippen molar-refractivity contribution in [2.45, 2.75) is 19.6 Å². The van der Waals surface area contributed by atoms with Crippen LogP contribution in [0.1, 0.15) is 24.1 Å². The van der Waals surface area contributed by atoms with E-state index in [0.717, 1.165) is 16.5 Å². The van der Waals surface area contributed by atoms with Crippen molar-refractivity contribution in [2.75, 3.05) is 24.9 Å². The van der Waals surface area contributed by atoms with Gasteiger partial charge in [0.2, 0.25) is 5.95 Å². The molecule has 41 heavy (non-hydrogen) atoms. The van der Waals surface area contributed by atoms with Gasteiger partial charge in [0.1, 0.15) is 36.2 Å². The lowest BCUT2D eigenvalue weighted by molar-refractivity contribution is -0.113. The Kier molecular flexibility index (Phi) is 6.99. The topological polar surface area (TPSA) is 99.5 Å². The Balaban J connectivity index is 1.31. The van der Waals surface area contributed by atoms with Crippen molar-refractivity contribution in [3.63, 3.8) is 0 Å². The molecule has 9 heteroatoms. The fraction of sp³-hybridized carbons (Fsp3) is 0.156. The summed E-state index contributed by atoms with van der Waals surface area (Å²) < 4.78 is 18.8. The van der Waals surface area contributed by atoms with Gasteiger partial charge in [0, 0.05) is 11.8 Å². The molecule has 5 aromatic rings. The zero-order valence-electron chi connectivity index (χ0n) is 22.9. The lowest BCUT2D eigenvalue weighted by Crippen LogP contribution is -2.31. The minimum absolute atomic E-state index is 0.299. The highest BCUT2D eigenvalue weighted by Gasteiger charge is 2.34. The Morgan fingerprint density at radius 3 is 2.63 bits per heavy atom. The summed E-state index contributed by atoms with van der Waals surface area (Å²) in [6, 6.07) is 26.9. The SMILES string of the molecule is COc1ccc(NC(=O)C2=C(C)Nc3ncnn3[C@H]2c2cccc(OCc3cccc4ccccc34)c2)c(OC)c1. The molecule has 0 aliphatic carbocycles. The number of allylic oxidation sites excluding steroid dienone is 1. The molecule has 0 spiro atoms. The number of carbonyl (C=O) groups excluding carboxylic acids is 1. The summed E-state index contributed by atoms with van der Waals surface area (Å²) >= 11 is 0. The maximum absolute atomic E-state index is 13.8. The number of aromatic nitrogens is 3. The van der Waals surface area contributed by atoms with Crippen LogP contribution in [0.25, 0.3) is 10.8 Å². The van der Waals surface area contributed by atoms with Gasteiger partial charge in [-0.2, -0.15) is 10.1 Å². The van der Waals surface area contributed by atoms with E-state index >= 15 is 0 Å². The Bertz CT molecular complexity index is 1770. The standard InChI is InChI=1S/C32H29N5O4/c1-20-29(31(38)36-27-15-14-24(39-2)17-28(27)40-3)30(37-32(35-20)33-19-34-37)22-10-7-12-25(16-22)41-18-23-11-6-9-21-8-4-5-13-26(21)23/h4-17,19,30H,18H2,1-3H3,(H,36,38)(H,33,34,35)/t30-/m0/s1. The predicted molar refractivity (Wildman–Crippen MR) is 157 cm³/mol. The zero-order valence-corrected chi connectivity index (χ0v) is 22.9. The first-order valence-electron chi connectivity index (χ1n) is 13.2. The van der Waals surface area contributed by atoms with Gasteiger partial charge in [0.25, 0.3) is 5.91 Å². The number of carbonyl (C=O) groups is 1. The Labute approximate surface area is 237 Å². The number of nitrogens with zero attached hydrogens (tertiary/aromatic N) is 3. The van der Waals surface area contributed by atoms with Gasteiger partial charge in [-0.3, -0.25) is 4.79 Å². The molecule has 4 aromatic carbocycles. The number of benzene rings is 4. The quantitative estimate of drug-likeness (QED) is 0.247. The monoisotopic (exact) mass is 547 g/mol. The van der Waals surface area contributed by atoms with Gasteiger partial charge in [-0.05, 0) is 53.1 Å². The average Bonchev–Trinajstić information content (AvgIpc) is 3.47. The lowest BCUT2D eigenvalue weighted by Gasteiger charge is -2.29. The molecule has 2 heterocycles. The zero-order chi connectivity index (χ0) is 28.3. The van der Waals surface area contributed by atoms with Gasteiger partial charge in [-0.15, -0.1) is 0 Å². The van der Waals surface area contributed by atoms with E-state index in [1.165, 1.54) is 11.7 Å². The summed E-state index contributed by atoms with van der Waals surface area (Å²) in [5.74, 6) is 2.05. The molecule has 1 atom stereocenters. The van der Waals surface area contributed by atoms with Crippen molar-refractivity contribution in [1.82, 2.24) is 14.8 Å². The molecule has 1 aliphatic heterocycles. The molecule has 0 saturated carbocycles. The Morgan fingerprint density at radius 2 is 1.78 bits per heavy atom.